The minimum atomic E-state index is -0.156. The van der Waals surface area contributed by atoms with E-state index in [2.05, 4.69) is 45.1 Å². The average molecular weight is 349 g/mol. The summed E-state index contributed by atoms with van der Waals surface area (Å²) in [6.07, 6.45) is 7.85. The van der Waals surface area contributed by atoms with E-state index in [0.717, 1.165) is 58.4 Å². The Morgan fingerprint density at radius 1 is 1.00 bits per heavy atom. The fourth-order valence-corrected chi connectivity index (χ4v) is 4.50. The molecule has 0 radical (unpaired) electrons. The number of benzene rings is 1. The van der Waals surface area contributed by atoms with E-state index in [9.17, 15) is 4.79 Å². The van der Waals surface area contributed by atoms with Crippen LogP contribution < -0.4 is 0 Å². The standard InChI is InChI=1S/C22H27N3O/c26-21-22(11-15-24(18-22)17-20-8-4-12-23-16-20)10-5-13-25(21)14-9-19-6-2-1-3-7-19/h1-4,6-8,12,16H,5,9-11,13-15,17-18H2/t22-/m1/s1. The van der Waals surface area contributed by atoms with E-state index >= 15 is 0 Å². The highest BCUT2D eigenvalue weighted by Gasteiger charge is 2.47. The second-order valence-electron chi connectivity index (χ2n) is 7.73. The number of amides is 1. The molecule has 1 atom stereocenters. The third-order valence-corrected chi connectivity index (χ3v) is 5.90. The summed E-state index contributed by atoms with van der Waals surface area (Å²) in [5.41, 5.74) is 2.38. The van der Waals surface area contributed by atoms with Gasteiger partial charge in [0.15, 0.2) is 0 Å². The van der Waals surface area contributed by atoms with Crippen molar-refractivity contribution in [1.82, 2.24) is 14.8 Å². The Morgan fingerprint density at radius 3 is 2.65 bits per heavy atom. The van der Waals surface area contributed by atoms with Crippen LogP contribution in [0.4, 0.5) is 0 Å². The SMILES string of the molecule is O=C1N(CCc2ccccc2)CCC[C@]12CCN(Cc1cccnc1)C2. The van der Waals surface area contributed by atoms with E-state index < -0.39 is 0 Å². The first kappa shape index (κ1) is 17.2. The number of hydrogen-bond donors (Lipinski definition) is 0. The number of aromatic nitrogens is 1. The van der Waals surface area contributed by atoms with Crippen molar-refractivity contribution in [3.63, 3.8) is 0 Å². The lowest BCUT2D eigenvalue weighted by atomic mass is 9.78. The van der Waals surface area contributed by atoms with Gasteiger partial charge in [-0.05, 0) is 49.4 Å². The van der Waals surface area contributed by atoms with Crippen molar-refractivity contribution in [3.05, 3.63) is 66.0 Å². The molecule has 1 aromatic heterocycles. The van der Waals surface area contributed by atoms with Crippen LogP contribution in [-0.4, -0.2) is 46.9 Å². The second-order valence-corrected chi connectivity index (χ2v) is 7.73. The maximum atomic E-state index is 13.3. The summed E-state index contributed by atoms with van der Waals surface area (Å²) in [5.74, 6) is 0.383. The van der Waals surface area contributed by atoms with Crippen molar-refractivity contribution in [2.45, 2.75) is 32.2 Å². The Kier molecular flexibility index (Phi) is 5.02. The molecule has 0 N–H and O–H groups in total. The number of pyridine rings is 1. The predicted molar refractivity (Wildman–Crippen MR) is 103 cm³/mol. The van der Waals surface area contributed by atoms with Gasteiger partial charge in [0.05, 0.1) is 5.41 Å². The van der Waals surface area contributed by atoms with Crippen molar-refractivity contribution < 1.29 is 4.79 Å². The number of nitrogens with zero attached hydrogens (tertiary/aromatic N) is 3. The first-order valence-electron chi connectivity index (χ1n) is 9.70. The van der Waals surface area contributed by atoms with E-state index in [1.54, 1.807) is 0 Å². The van der Waals surface area contributed by atoms with E-state index in [1.165, 1.54) is 11.1 Å². The highest BCUT2D eigenvalue weighted by atomic mass is 16.2. The van der Waals surface area contributed by atoms with Gasteiger partial charge in [-0.1, -0.05) is 36.4 Å². The van der Waals surface area contributed by atoms with Crippen molar-refractivity contribution in [2.24, 2.45) is 5.41 Å². The van der Waals surface area contributed by atoms with Crippen LogP contribution in [0.2, 0.25) is 0 Å². The topological polar surface area (TPSA) is 36.4 Å². The molecular weight excluding hydrogens is 322 g/mol. The molecule has 136 valence electrons. The molecule has 2 aromatic rings. The average Bonchev–Trinajstić information content (AvgIpc) is 3.08. The molecule has 3 heterocycles. The zero-order valence-electron chi connectivity index (χ0n) is 15.3. The van der Waals surface area contributed by atoms with Gasteiger partial charge >= 0.3 is 0 Å². The van der Waals surface area contributed by atoms with E-state index in [-0.39, 0.29) is 5.41 Å². The summed E-state index contributed by atoms with van der Waals surface area (Å²) in [4.78, 5) is 22.0. The summed E-state index contributed by atoms with van der Waals surface area (Å²) in [5, 5.41) is 0. The smallest absolute Gasteiger partial charge is 0.230 e. The lowest BCUT2D eigenvalue weighted by molar-refractivity contribution is -0.145. The molecule has 2 aliphatic heterocycles. The molecule has 2 aliphatic rings. The van der Waals surface area contributed by atoms with E-state index in [1.807, 2.05) is 24.5 Å². The van der Waals surface area contributed by atoms with Gasteiger partial charge in [0, 0.05) is 38.6 Å². The first-order chi connectivity index (χ1) is 12.8. The molecule has 4 nitrogen and oxygen atoms in total. The normalized spacial score (nSPS) is 23.7. The molecule has 26 heavy (non-hydrogen) atoms. The maximum absolute atomic E-state index is 13.3. The fourth-order valence-electron chi connectivity index (χ4n) is 4.50. The van der Waals surface area contributed by atoms with Crippen LogP contribution in [0.25, 0.3) is 0 Å². The van der Waals surface area contributed by atoms with Crippen molar-refractivity contribution in [2.75, 3.05) is 26.2 Å². The van der Waals surface area contributed by atoms with Gasteiger partial charge in [-0.2, -0.15) is 0 Å². The third-order valence-electron chi connectivity index (χ3n) is 5.90. The fraction of sp³-hybridized carbons (Fsp3) is 0.455. The second kappa shape index (κ2) is 7.58. The zero-order chi connectivity index (χ0) is 17.8. The number of likely N-dealkylation sites (tertiary alicyclic amines) is 2. The molecule has 4 heteroatoms. The van der Waals surface area contributed by atoms with Gasteiger partial charge < -0.3 is 4.90 Å². The predicted octanol–water partition coefficient (Wildman–Crippen LogP) is 3.14. The number of carbonyl (C=O) groups excluding carboxylic acids is 1. The molecule has 0 bridgehead atoms. The number of piperidine rings is 1. The molecule has 1 aromatic carbocycles. The van der Waals surface area contributed by atoms with Crippen LogP contribution in [-0.2, 0) is 17.8 Å². The van der Waals surface area contributed by atoms with Gasteiger partial charge in [0.25, 0.3) is 0 Å². The molecular formula is C22H27N3O. The summed E-state index contributed by atoms with van der Waals surface area (Å²) in [7, 11) is 0. The van der Waals surface area contributed by atoms with Gasteiger partial charge in [0.1, 0.15) is 0 Å². The molecule has 2 fully saturated rings. The lowest BCUT2D eigenvalue weighted by Gasteiger charge is -2.39. The minimum absolute atomic E-state index is 0.156. The van der Waals surface area contributed by atoms with Crippen LogP contribution in [0, 0.1) is 5.41 Å². The largest absolute Gasteiger partial charge is 0.342 e. The summed E-state index contributed by atoms with van der Waals surface area (Å²) < 4.78 is 0. The Morgan fingerprint density at radius 2 is 1.85 bits per heavy atom. The lowest BCUT2D eigenvalue weighted by Crippen LogP contribution is -2.50. The van der Waals surface area contributed by atoms with Gasteiger partial charge in [-0.25, -0.2) is 0 Å². The third kappa shape index (κ3) is 3.65. The van der Waals surface area contributed by atoms with Crippen LogP contribution in [0.5, 0.6) is 0 Å². The molecule has 0 unspecified atom stereocenters. The molecule has 4 rings (SSSR count). The van der Waals surface area contributed by atoms with Crippen LogP contribution in [0.15, 0.2) is 54.9 Å². The Bertz CT molecular complexity index is 734. The monoisotopic (exact) mass is 349 g/mol. The first-order valence-corrected chi connectivity index (χ1v) is 9.70. The van der Waals surface area contributed by atoms with Crippen molar-refractivity contribution >= 4 is 5.91 Å². The summed E-state index contributed by atoms with van der Waals surface area (Å²) in [6.45, 7) is 4.55. The maximum Gasteiger partial charge on any atom is 0.230 e. The van der Waals surface area contributed by atoms with Crippen molar-refractivity contribution in [1.29, 1.82) is 0 Å². The zero-order valence-corrected chi connectivity index (χ0v) is 15.3. The van der Waals surface area contributed by atoms with E-state index in [0.29, 0.717) is 5.91 Å². The van der Waals surface area contributed by atoms with Crippen molar-refractivity contribution in [3.8, 4) is 0 Å². The Hall–Kier alpha value is -2.20. The van der Waals surface area contributed by atoms with Crippen LogP contribution in [0.3, 0.4) is 0 Å². The van der Waals surface area contributed by atoms with Gasteiger partial charge in [-0.15, -0.1) is 0 Å². The van der Waals surface area contributed by atoms with Crippen LogP contribution in [0.1, 0.15) is 30.4 Å². The number of carbonyl (C=O) groups is 1. The summed E-state index contributed by atoms with van der Waals surface area (Å²) >= 11 is 0. The molecule has 1 amide bonds. The number of rotatable bonds is 5. The quantitative estimate of drug-likeness (QED) is 0.832. The highest BCUT2D eigenvalue weighted by Crippen LogP contribution is 2.40. The summed E-state index contributed by atoms with van der Waals surface area (Å²) in [6, 6.07) is 14.6. The molecule has 0 saturated carbocycles. The number of hydrogen-bond acceptors (Lipinski definition) is 3. The Balaban J connectivity index is 1.38. The van der Waals surface area contributed by atoms with Gasteiger partial charge in [-0.3, -0.25) is 14.7 Å². The van der Waals surface area contributed by atoms with Crippen LogP contribution >= 0.6 is 0 Å². The minimum Gasteiger partial charge on any atom is -0.342 e. The molecule has 0 aliphatic carbocycles. The molecule has 1 spiro atoms. The van der Waals surface area contributed by atoms with E-state index in [4.69, 9.17) is 0 Å². The Labute approximate surface area is 155 Å². The molecule has 2 saturated heterocycles. The highest BCUT2D eigenvalue weighted by molar-refractivity contribution is 5.84. The van der Waals surface area contributed by atoms with Gasteiger partial charge in [0.2, 0.25) is 5.91 Å².